The smallest absolute Gasteiger partial charge is 0.277 e. The molecule has 0 aliphatic heterocycles. The lowest BCUT2D eigenvalue weighted by Crippen LogP contribution is -2.19. The number of nitrogens with one attached hydrogen (secondary N) is 2. The summed E-state index contributed by atoms with van der Waals surface area (Å²) >= 11 is 7.00. The topological polar surface area (TPSA) is 97.1 Å². The molecule has 33 heavy (non-hydrogen) atoms. The van der Waals surface area contributed by atoms with Gasteiger partial charge in [0.15, 0.2) is 0 Å². The van der Waals surface area contributed by atoms with E-state index >= 15 is 0 Å². The molecule has 4 aromatic rings. The molecule has 0 aliphatic rings. The summed E-state index contributed by atoms with van der Waals surface area (Å²) in [5.41, 5.74) is 3.23. The number of anilines is 2. The maximum absolute atomic E-state index is 12.8. The number of rotatable bonds is 7. The second-order valence-corrected chi connectivity index (χ2v) is 8.45. The minimum atomic E-state index is -0.311. The molecule has 0 bridgehead atoms. The van der Waals surface area contributed by atoms with Gasteiger partial charge in [-0.1, -0.05) is 47.6 Å². The molecule has 1 heterocycles. The van der Waals surface area contributed by atoms with Gasteiger partial charge >= 0.3 is 0 Å². The van der Waals surface area contributed by atoms with Gasteiger partial charge in [-0.3, -0.25) is 9.59 Å². The van der Waals surface area contributed by atoms with Gasteiger partial charge in [0.1, 0.15) is 0 Å². The fourth-order valence-electron chi connectivity index (χ4n) is 3.00. The lowest BCUT2D eigenvalue weighted by Gasteiger charge is -2.11. The van der Waals surface area contributed by atoms with Crippen molar-refractivity contribution in [3.05, 3.63) is 88.9 Å². The summed E-state index contributed by atoms with van der Waals surface area (Å²) in [6.07, 6.45) is 0. The zero-order valence-electron chi connectivity index (χ0n) is 17.5. The Labute approximate surface area is 199 Å². The van der Waals surface area contributed by atoms with Gasteiger partial charge in [-0.2, -0.15) is 0 Å². The molecule has 1 aromatic heterocycles. The molecular formula is C24H19ClN4O3S. The number of carbonyl (C=O) groups is 2. The molecule has 7 nitrogen and oxygen atoms in total. The van der Waals surface area contributed by atoms with E-state index in [-0.39, 0.29) is 22.8 Å². The number of thioether (sulfide) groups is 1. The van der Waals surface area contributed by atoms with Crippen LogP contribution in [0.15, 0.2) is 82.4 Å². The first-order valence-electron chi connectivity index (χ1n) is 9.97. The maximum atomic E-state index is 12.8. The third kappa shape index (κ3) is 6.00. The predicted octanol–water partition coefficient (Wildman–Crippen LogP) is 5.68. The van der Waals surface area contributed by atoms with E-state index in [0.717, 1.165) is 22.9 Å². The first-order chi connectivity index (χ1) is 16.0. The first kappa shape index (κ1) is 22.6. The molecule has 0 spiro atoms. The second kappa shape index (κ2) is 10.3. The van der Waals surface area contributed by atoms with Crippen molar-refractivity contribution in [2.45, 2.75) is 12.1 Å². The summed E-state index contributed by atoms with van der Waals surface area (Å²) in [7, 11) is 0. The molecule has 0 saturated heterocycles. The van der Waals surface area contributed by atoms with Crippen molar-refractivity contribution in [2.24, 2.45) is 0 Å². The molecule has 0 aliphatic carbocycles. The Hall–Kier alpha value is -3.62. The number of amides is 2. The molecule has 0 unspecified atom stereocenters. The number of aromatic nitrogens is 2. The van der Waals surface area contributed by atoms with Crippen LogP contribution in [0.25, 0.3) is 11.5 Å². The summed E-state index contributed by atoms with van der Waals surface area (Å²) < 4.78 is 5.60. The average molecular weight is 479 g/mol. The van der Waals surface area contributed by atoms with E-state index < -0.39 is 0 Å². The van der Waals surface area contributed by atoms with Crippen molar-refractivity contribution in [3.63, 3.8) is 0 Å². The lowest BCUT2D eigenvalue weighted by atomic mass is 10.1. The van der Waals surface area contributed by atoms with Crippen LogP contribution < -0.4 is 10.6 Å². The Kier molecular flexibility index (Phi) is 7.07. The van der Waals surface area contributed by atoms with Crippen molar-refractivity contribution in [3.8, 4) is 11.5 Å². The predicted molar refractivity (Wildman–Crippen MR) is 130 cm³/mol. The van der Waals surface area contributed by atoms with Crippen LogP contribution in [-0.4, -0.2) is 27.8 Å². The Morgan fingerprint density at radius 1 is 0.970 bits per heavy atom. The van der Waals surface area contributed by atoms with Crippen molar-refractivity contribution in [2.75, 3.05) is 16.4 Å². The number of para-hydroxylation sites is 1. The van der Waals surface area contributed by atoms with E-state index in [1.54, 1.807) is 48.5 Å². The minimum absolute atomic E-state index is 0.0378. The van der Waals surface area contributed by atoms with Crippen LogP contribution in [0.1, 0.15) is 15.9 Å². The highest BCUT2D eigenvalue weighted by Gasteiger charge is 2.15. The Morgan fingerprint density at radius 3 is 2.55 bits per heavy atom. The highest BCUT2D eigenvalue weighted by Crippen LogP contribution is 2.25. The molecule has 0 fully saturated rings. The number of halogens is 1. The molecule has 2 amide bonds. The Balaban J connectivity index is 1.37. The van der Waals surface area contributed by atoms with E-state index in [4.69, 9.17) is 16.0 Å². The summed E-state index contributed by atoms with van der Waals surface area (Å²) in [5.74, 6) is -0.237. The fraction of sp³-hybridized carbons (Fsp3) is 0.0833. The summed E-state index contributed by atoms with van der Waals surface area (Å²) in [4.78, 5) is 25.3. The third-order valence-corrected chi connectivity index (χ3v) is 5.62. The quantitative estimate of drug-likeness (QED) is 0.331. The Bertz CT molecular complexity index is 1290. The highest BCUT2D eigenvalue weighted by atomic mass is 35.5. The van der Waals surface area contributed by atoms with Gasteiger partial charge in [0, 0.05) is 16.3 Å². The molecule has 9 heteroatoms. The first-order valence-corrected chi connectivity index (χ1v) is 11.3. The van der Waals surface area contributed by atoms with Gasteiger partial charge in [-0.05, 0) is 61.0 Å². The summed E-state index contributed by atoms with van der Waals surface area (Å²) in [5, 5.41) is 14.5. The van der Waals surface area contributed by atoms with Gasteiger partial charge < -0.3 is 15.1 Å². The second-order valence-electron chi connectivity index (χ2n) is 7.09. The highest BCUT2D eigenvalue weighted by molar-refractivity contribution is 7.99. The van der Waals surface area contributed by atoms with Crippen molar-refractivity contribution >= 4 is 46.6 Å². The zero-order valence-corrected chi connectivity index (χ0v) is 19.1. The fourth-order valence-corrected chi connectivity index (χ4v) is 3.69. The number of hydrogen-bond acceptors (Lipinski definition) is 6. The van der Waals surface area contributed by atoms with Crippen LogP contribution in [-0.2, 0) is 4.79 Å². The van der Waals surface area contributed by atoms with Gasteiger partial charge in [-0.25, -0.2) is 0 Å². The molecule has 2 N–H and O–H groups in total. The van der Waals surface area contributed by atoms with Crippen molar-refractivity contribution < 1.29 is 14.0 Å². The molecule has 0 atom stereocenters. The van der Waals surface area contributed by atoms with Crippen LogP contribution >= 0.6 is 23.4 Å². The molecular weight excluding hydrogens is 460 g/mol. The lowest BCUT2D eigenvalue weighted by molar-refractivity contribution is -0.113. The summed E-state index contributed by atoms with van der Waals surface area (Å²) in [6, 6.07) is 21.3. The largest absolute Gasteiger partial charge is 0.411 e. The Morgan fingerprint density at radius 2 is 1.76 bits per heavy atom. The van der Waals surface area contributed by atoms with Gasteiger partial charge in [0.25, 0.3) is 11.1 Å². The van der Waals surface area contributed by atoms with Crippen molar-refractivity contribution in [1.29, 1.82) is 0 Å². The SMILES string of the molecule is Cc1cccc(NC(=O)c2ccccc2NC(=O)CSc2nnc(-c3ccc(Cl)cc3)o2)c1. The van der Waals surface area contributed by atoms with Gasteiger partial charge in [0.2, 0.25) is 11.8 Å². The monoisotopic (exact) mass is 478 g/mol. The number of benzene rings is 3. The molecule has 0 saturated carbocycles. The summed E-state index contributed by atoms with van der Waals surface area (Å²) in [6.45, 7) is 1.95. The molecule has 166 valence electrons. The van der Waals surface area contributed by atoms with Crippen molar-refractivity contribution in [1.82, 2.24) is 10.2 Å². The van der Waals surface area contributed by atoms with Gasteiger partial charge in [0.05, 0.1) is 17.0 Å². The van der Waals surface area contributed by atoms with Crippen LogP contribution in [0.2, 0.25) is 5.02 Å². The van der Waals surface area contributed by atoms with Gasteiger partial charge in [-0.15, -0.1) is 10.2 Å². The maximum Gasteiger partial charge on any atom is 0.277 e. The zero-order chi connectivity index (χ0) is 23.2. The van der Waals surface area contributed by atoms with Crippen LogP contribution in [0.5, 0.6) is 0 Å². The van der Waals surface area contributed by atoms with E-state index in [0.29, 0.717) is 27.9 Å². The number of hydrogen-bond donors (Lipinski definition) is 2. The van der Waals surface area contributed by atoms with E-state index in [9.17, 15) is 9.59 Å². The van der Waals surface area contributed by atoms with Crippen LogP contribution in [0, 0.1) is 6.92 Å². The van der Waals surface area contributed by atoms with E-state index in [2.05, 4.69) is 20.8 Å². The normalized spacial score (nSPS) is 10.6. The van der Waals surface area contributed by atoms with Crippen LogP contribution in [0.4, 0.5) is 11.4 Å². The molecule has 4 rings (SSSR count). The molecule has 3 aromatic carbocycles. The minimum Gasteiger partial charge on any atom is -0.411 e. The number of nitrogens with zero attached hydrogens (tertiary/aromatic N) is 2. The average Bonchev–Trinajstić information content (AvgIpc) is 3.28. The third-order valence-electron chi connectivity index (χ3n) is 4.55. The number of carbonyl (C=O) groups excluding carboxylic acids is 2. The van der Waals surface area contributed by atoms with E-state index in [1.165, 1.54) is 0 Å². The number of aryl methyl sites for hydroxylation is 1. The van der Waals surface area contributed by atoms with E-state index in [1.807, 2.05) is 31.2 Å². The van der Waals surface area contributed by atoms with Crippen LogP contribution in [0.3, 0.4) is 0 Å². The molecule has 0 radical (unpaired) electrons. The standard InChI is InChI=1S/C24H19ClN4O3S/c1-15-5-4-6-18(13-15)26-22(31)19-7-2-3-8-20(19)27-21(30)14-33-24-29-28-23(32-24)16-9-11-17(25)12-10-16/h2-13H,14H2,1H3,(H,26,31)(H,27,30).